The second-order valence-corrected chi connectivity index (χ2v) is 4.99. The van der Waals surface area contributed by atoms with E-state index in [1.807, 2.05) is 25.1 Å². The fourth-order valence-corrected chi connectivity index (χ4v) is 2.60. The van der Waals surface area contributed by atoms with Gasteiger partial charge in [0.25, 0.3) is 0 Å². The summed E-state index contributed by atoms with van der Waals surface area (Å²) in [7, 11) is 0. The van der Waals surface area contributed by atoms with Crippen LogP contribution in [-0.4, -0.2) is 42.2 Å². The van der Waals surface area contributed by atoms with Crippen molar-refractivity contribution in [2.24, 2.45) is 5.92 Å². The van der Waals surface area contributed by atoms with Crippen LogP contribution < -0.4 is 5.32 Å². The van der Waals surface area contributed by atoms with Crippen molar-refractivity contribution in [3.05, 3.63) is 29.8 Å². The fraction of sp³-hybridized carbons (Fsp3) is 0.533. The van der Waals surface area contributed by atoms with Gasteiger partial charge in [-0.2, -0.15) is 0 Å². The molecule has 2 N–H and O–H groups in total. The minimum Gasteiger partial charge on any atom is -0.395 e. The van der Waals surface area contributed by atoms with Crippen LogP contribution in [0.3, 0.4) is 0 Å². The van der Waals surface area contributed by atoms with Gasteiger partial charge < -0.3 is 15.3 Å². The molecule has 0 fully saturated rings. The molecule has 1 aromatic carbocycles. The van der Waals surface area contributed by atoms with Crippen molar-refractivity contribution in [3.8, 4) is 0 Å². The van der Waals surface area contributed by atoms with Crippen molar-refractivity contribution in [1.82, 2.24) is 4.90 Å². The predicted molar refractivity (Wildman–Crippen MR) is 76.1 cm³/mol. The lowest BCUT2D eigenvalue weighted by Crippen LogP contribution is -2.43. The Kier molecular flexibility index (Phi) is 4.80. The highest BCUT2D eigenvalue weighted by atomic mass is 16.3. The molecule has 2 rings (SSSR count). The van der Waals surface area contributed by atoms with E-state index in [4.69, 9.17) is 5.11 Å². The first-order valence-corrected chi connectivity index (χ1v) is 6.97. The van der Waals surface area contributed by atoms with Crippen molar-refractivity contribution in [2.75, 3.05) is 31.6 Å². The molecule has 104 valence electrons. The molecule has 0 spiro atoms. The Labute approximate surface area is 114 Å². The molecule has 19 heavy (non-hydrogen) atoms. The molecule has 1 unspecified atom stereocenters. The number of hydrogen-bond donors (Lipinski definition) is 2. The first-order valence-electron chi connectivity index (χ1n) is 6.97. The number of nitrogens with one attached hydrogen (secondary N) is 1. The summed E-state index contributed by atoms with van der Waals surface area (Å²) < 4.78 is 0. The first-order chi connectivity index (χ1) is 9.26. The van der Waals surface area contributed by atoms with E-state index in [2.05, 4.69) is 11.4 Å². The monoisotopic (exact) mass is 262 g/mol. The van der Waals surface area contributed by atoms with Crippen molar-refractivity contribution >= 4 is 11.6 Å². The summed E-state index contributed by atoms with van der Waals surface area (Å²) in [6.45, 7) is 3.92. The molecule has 1 atom stereocenters. The van der Waals surface area contributed by atoms with E-state index in [0.29, 0.717) is 13.1 Å². The minimum atomic E-state index is -0.0204. The van der Waals surface area contributed by atoms with E-state index in [9.17, 15) is 4.79 Å². The van der Waals surface area contributed by atoms with Crippen molar-refractivity contribution in [3.63, 3.8) is 0 Å². The van der Waals surface area contributed by atoms with Gasteiger partial charge in [0.05, 0.1) is 12.5 Å². The molecular weight excluding hydrogens is 240 g/mol. The topological polar surface area (TPSA) is 52.6 Å². The van der Waals surface area contributed by atoms with Gasteiger partial charge in [-0.15, -0.1) is 0 Å². The van der Waals surface area contributed by atoms with Crippen molar-refractivity contribution in [2.45, 2.75) is 19.8 Å². The van der Waals surface area contributed by atoms with Crippen molar-refractivity contribution < 1.29 is 9.90 Å². The Morgan fingerprint density at radius 1 is 1.42 bits per heavy atom. The van der Waals surface area contributed by atoms with Crippen LogP contribution in [0.4, 0.5) is 5.69 Å². The van der Waals surface area contributed by atoms with Gasteiger partial charge in [-0.3, -0.25) is 4.79 Å². The van der Waals surface area contributed by atoms with Gasteiger partial charge >= 0.3 is 0 Å². The first kappa shape index (κ1) is 13.9. The zero-order valence-corrected chi connectivity index (χ0v) is 11.4. The number of hydrogen-bond acceptors (Lipinski definition) is 3. The molecule has 4 nitrogen and oxygen atoms in total. The molecular formula is C15H22N2O2. The maximum Gasteiger partial charge on any atom is 0.227 e. The molecule has 1 amide bonds. The molecule has 0 aliphatic carbocycles. The number of carbonyl (C=O) groups is 1. The lowest BCUT2D eigenvalue weighted by molar-refractivity contribution is -0.135. The highest BCUT2D eigenvalue weighted by Gasteiger charge is 2.27. The number of benzene rings is 1. The third-order valence-electron chi connectivity index (χ3n) is 3.55. The fourth-order valence-electron chi connectivity index (χ4n) is 2.60. The molecule has 0 aromatic heterocycles. The van der Waals surface area contributed by atoms with Gasteiger partial charge in [0.1, 0.15) is 0 Å². The molecule has 1 aromatic rings. The summed E-state index contributed by atoms with van der Waals surface area (Å²) in [6.07, 6.45) is 1.70. The van der Waals surface area contributed by atoms with E-state index in [0.717, 1.165) is 25.1 Å². The molecule has 1 aliphatic heterocycles. The van der Waals surface area contributed by atoms with Gasteiger partial charge in [-0.25, -0.2) is 0 Å². The zero-order valence-electron chi connectivity index (χ0n) is 11.4. The SMILES string of the molecule is CCCN(CCO)C(=O)C1CNc2ccccc2C1. The largest absolute Gasteiger partial charge is 0.395 e. The second kappa shape index (κ2) is 6.57. The highest BCUT2D eigenvalue weighted by Crippen LogP contribution is 2.25. The average Bonchev–Trinajstić information content (AvgIpc) is 2.46. The summed E-state index contributed by atoms with van der Waals surface area (Å²) in [4.78, 5) is 14.2. The van der Waals surface area contributed by atoms with Gasteiger partial charge in [-0.1, -0.05) is 25.1 Å². The summed E-state index contributed by atoms with van der Waals surface area (Å²) in [5, 5.41) is 12.4. The van der Waals surface area contributed by atoms with Crippen LogP contribution in [0.25, 0.3) is 0 Å². The number of fused-ring (bicyclic) bond motifs is 1. The maximum atomic E-state index is 12.5. The molecule has 0 bridgehead atoms. The molecule has 1 heterocycles. The minimum absolute atomic E-state index is 0.0204. The average molecular weight is 262 g/mol. The van der Waals surface area contributed by atoms with Crippen molar-refractivity contribution in [1.29, 1.82) is 0 Å². The van der Waals surface area contributed by atoms with Crippen LogP contribution in [0.2, 0.25) is 0 Å². The number of carbonyl (C=O) groups excluding carboxylic acids is 1. The van der Waals surface area contributed by atoms with Crippen LogP contribution in [0, 0.1) is 5.92 Å². The number of anilines is 1. The quantitative estimate of drug-likeness (QED) is 0.845. The maximum absolute atomic E-state index is 12.5. The number of aliphatic hydroxyl groups excluding tert-OH is 1. The third-order valence-corrected chi connectivity index (χ3v) is 3.55. The smallest absolute Gasteiger partial charge is 0.227 e. The molecule has 1 aliphatic rings. The summed E-state index contributed by atoms with van der Waals surface area (Å²) >= 11 is 0. The lowest BCUT2D eigenvalue weighted by Gasteiger charge is -2.30. The summed E-state index contributed by atoms with van der Waals surface area (Å²) in [5.74, 6) is 0.130. The summed E-state index contributed by atoms with van der Waals surface area (Å²) in [5.41, 5.74) is 2.34. The van der Waals surface area contributed by atoms with Crippen LogP contribution in [0.15, 0.2) is 24.3 Å². The van der Waals surface area contributed by atoms with Gasteiger partial charge in [0.15, 0.2) is 0 Å². The Morgan fingerprint density at radius 2 is 2.21 bits per heavy atom. The van der Waals surface area contributed by atoms with E-state index in [-0.39, 0.29) is 18.4 Å². The molecule has 0 saturated carbocycles. The standard InChI is InChI=1S/C15H22N2O2/c1-2-7-17(8-9-18)15(19)13-10-12-5-3-4-6-14(12)16-11-13/h3-6,13,16,18H,2,7-11H2,1H3. The Bertz CT molecular complexity index is 428. The number of rotatable bonds is 5. The Hall–Kier alpha value is -1.55. The van der Waals surface area contributed by atoms with Gasteiger partial charge in [0, 0.05) is 25.3 Å². The van der Waals surface area contributed by atoms with E-state index < -0.39 is 0 Å². The second-order valence-electron chi connectivity index (χ2n) is 4.99. The lowest BCUT2D eigenvalue weighted by atomic mass is 9.93. The number of para-hydroxylation sites is 1. The highest BCUT2D eigenvalue weighted by molar-refractivity contribution is 5.81. The Morgan fingerprint density at radius 3 is 2.95 bits per heavy atom. The predicted octanol–water partition coefficient (Wildman–Crippen LogP) is 1.50. The van der Waals surface area contributed by atoms with Crippen LogP contribution in [-0.2, 0) is 11.2 Å². The van der Waals surface area contributed by atoms with E-state index >= 15 is 0 Å². The van der Waals surface area contributed by atoms with Crippen LogP contribution in [0.5, 0.6) is 0 Å². The normalized spacial score (nSPS) is 17.5. The third kappa shape index (κ3) is 3.26. The summed E-state index contributed by atoms with van der Waals surface area (Å²) in [6, 6.07) is 8.12. The van der Waals surface area contributed by atoms with Crippen LogP contribution >= 0.6 is 0 Å². The Balaban J connectivity index is 2.04. The zero-order chi connectivity index (χ0) is 13.7. The molecule has 0 radical (unpaired) electrons. The number of nitrogens with zero attached hydrogens (tertiary/aromatic N) is 1. The number of amides is 1. The van der Waals surface area contributed by atoms with E-state index in [1.54, 1.807) is 4.90 Å². The molecule has 0 saturated heterocycles. The van der Waals surface area contributed by atoms with Gasteiger partial charge in [0.2, 0.25) is 5.91 Å². The number of aliphatic hydroxyl groups is 1. The molecule has 4 heteroatoms. The van der Waals surface area contributed by atoms with E-state index in [1.165, 1.54) is 5.56 Å². The van der Waals surface area contributed by atoms with Crippen LogP contribution in [0.1, 0.15) is 18.9 Å². The van der Waals surface area contributed by atoms with Gasteiger partial charge in [-0.05, 0) is 24.5 Å².